The van der Waals surface area contributed by atoms with Gasteiger partial charge in [0.25, 0.3) is 5.91 Å². The number of halogens is 1. The van der Waals surface area contributed by atoms with Crippen LogP contribution in [0.5, 0.6) is 5.75 Å². The van der Waals surface area contributed by atoms with Crippen LogP contribution in [0.1, 0.15) is 30.6 Å². The molecule has 0 radical (unpaired) electrons. The average molecular weight is 270 g/mol. The average Bonchev–Trinajstić information content (AvgIpc) is 2.36. The Balaban J connectivity index is 2.60. The minimum Gasteiger partial charge on any atom is -0.497 e. The van der Waals surface area contributed by atoms with Crippen molar-refractivity contribution in [2.45, 2.75) is 20.3 Å². The van der Waals surface area contributed by atoms with Gasteiger partial charge in [0.15, 0.2) is 0 Å². The normalized spacial score (nSPS) is 11.1. The van der Waals surface area contributed by atoms with Crippen molar-refractivity contribution in [3.05, 3.63) is 29.8 Å². The number of rotatable bonds is 6. The van der Waals surface area contributed by atoms with Crippen LogP contribution >= 0.6 is 11.6 Å². The van der Waals surface area contributed by atoms with E-state index in [0.717, 1.165) is 6.42 Å². The zero-order valence-corrected chi connectivity index (χ0v) is 11.9. The summed E-state index contributed by atoms with van der Waals surface area (Å²) in [7, 11) is 1.58. The predicted molar refractivity (Wildman–Crippen MR) is 74.4 cm³/mol. The van der Waals surface area contributed by atoms with Gasteiger partial charge in [-0.3, -0.25) is 4.79 Å². The van der Waals surface area contributed by atoms with Crippen LogP contribution in [-0.4, -0.2) is 25.4 Å². The number of ether oxygens (including phenoxy) is 1. The molecule has 0 spiro atoms. The summed E-state index contributed by atoms with van der Waals surface area (Å²) in [6.07, 6.45) is 0.868. The van der Waals surface area contributed by atoms with Crippen molar-refractivity contribution in [1.82, 2.24) is 5.32 Å². The third-order valence-electron chi connectivity index (χ3n) is 2.83. The molecule has 0 aliphatic carbocycles. The molecule has 18 heavy (non-hydrogen) atoms. The largest absolute Gasteiger partial charge is 0.497 e. The molecule has 1 aromatic rings. The molecule has 0 atom stereocenters. The van der Waals surface area contributed by atoms with Gasteiger partial charge in [0, 0.05) is 18.0 Å². The van der Waals surface area contributed by atoms with E-state index in [4.69, 9.17) is 16.3 Å². The first-order chi connectivity index (χ1) is 8.48. The molecule has 3 nitrogen and oxygen atoms in total. The molecule has 1 N–H and O–H groups in total. The molecular formula is C14H20ClNO2. The molecule has 100 valence electrons. The van der Waals surface area contributed by atoms with E-state index in [1.807, 2.05) is 6.07 Å². The Morgan fingerprint density at radius 2 is 2.17 bits per heavy atom. The molecule has 1 aromatic carbocycles. The van der Waals surface area contributed by atoms with E-state index in [9.17, 15) is 4.79 Å². The molecule has 0 aliphatic rings. The van der Waals surface area contributed by atoms with Crippen LogP contribution in [0.25, 0.3) is 0 Å². The summed E-state index contributed by atoms with van der Waals surface area (Å²) in [5, 5.41) is 2.92. The van der Waals surface area contributed by atoms with E-state index in [-0.39, 0.29) is 11.3 Å². The standard InChI is InChI=1S/C14H20ClNO2/c1-14(2,7-8-15)10-16-13(17)11-5-4-6-12(9-11)18-3/h4-6,9H,7-8,10H2,1-3H3,(H,16,17). The van der Waals surface area contributed by atoms with Gasteiger partial charge in [-0.05, 0) is 30.0 Å². The van der Waals surface area contributed by atoms with Gasteiger partial charge in [-0.25, -0.2) is 0 Å². The second-order valence-electron chi connectivity index (χ2n) is 5.02. The zero-order chi connectivity index (χ0) is 13.6. The molecule has 1 rings (SSSR count). The highest BCUT2D eigenvalue weighted by Gasteiger charge is 2.18. The van der Waals surface area contributed by atoms with Crippen LogP contribution in [0.15, 0.2) is 24.3 Å². The highest BCUT2D eigenvalue weighted by molar-refractivity contribution is 6.17. The van der Waals surface area contributed by atoms with Gasteiger partial charge < -0.3 is 10.1 Å². The van der Waals surface area contributed by atoms with Gasteiger partial charge in [-0.2, -0.15) is 0 Å². The van der Waals surface area contributed by atoms with E-state index in [1.165, 1.54) is 0 Å². The second-order valence-corrected chi connectivity index (χ2v) is 5.40. The van der Waals surface area contributed by atoms with E-state index in [1.54, 1.807) is 25.3 Å². The molecule has 0 aliphatic heterocycles. The fourth-order valence-electron chi connectivity index (χ4n) is 1.53. The fourth-order valence-corrected chi connectivity index (χ4v) is 2.04. The van der Waals surface area contributed by atoms with Crippen molar-refractivity contribution >= 4 is 17.5 Å². The number of hydrogen-bond donors (Lipinski definition) is 1. The number of hydrogen-bond acceptors (Lipinski definition) is 2. The minimum absolute atomic E-state index is 0.0102. The number of benzene rings is 1. The monoisotopic (exact) mass is 269 g/mol. The van der Waals surface area contributed by atoms with Crippen LogP contribution in [0.4, 0.5) is 0 Å². The summed E-state index contributed by atoms with van der Waals surface area (Å²) in [6, 6.07) is 7.11. The van der Waals surface area contributed by atoms with Crippen molar-refractivity contribution < 1.29 is 9.53 Å². The van der Waals surface area contributed by atoms with Crippen molar-refractivity contribution in [2.24, 2.45) is 5.41 Å². The number of carbonyl (C=O) groups is 1. The van der Waals surface area contributed by atoms with Crippen LogP contribution < -0.4 is 10.1 Å². The molecule has 0 bridgehead atoms. The first kappa shape index (κ1) is 14.8. The molecule has 0 heterocycles. The van der Waals surface area contributed by atoms with Gasteiger partial charge >= 0.3 is 0 Å². The Hall–Kier alpha value is -1.22. The molecular weight excluding hydrogens is 250 g/mol. The van der Waals surface area contributed by atoms with Crippen molar-refractivity contribution in [3.63, 3.8) is 0 Å². The SMILES string of the molecule is COc1cccc(C(=O)NCC(C)(C)CCCl)c1. The van der Waals surface area contributed by atoms with Gasteiger partial charge in [-0.15, -0.1) is 11.6 Å². The van der Waals surface area contributed by atoms with E-state index in [2.05, 4.69) is 19.2 Å². The highest BCUT2D eigenvalue weighted by atomic mass is 35.5. The van der Waals surface area contributed by atoms with Crippen LogP contribution in [0, 0.1) is 5.41 Å². The quantitative estimate of drug-likeness (QED) is 0.806. The zero-order valence-electron chi connectivity index (χ0n) is 11.1. The van der Waals surface area contributed by atoms with Gasteiger partial charge in [-0.1, -0.05) is 19.9 Å². The van der Waals surface area contributed by atoms with E-state index < -0.39 is 0 Å². The van der Waals surface area contributed by atoms with Gasteiger partial charge in [0.05, 0.1) is 7.11 Å². The summed E-state index contributed by atoms with van der Waals surface area (Å²) < 4.78 is 5.09. The summed E-state index contributed by atoms with van der Waals surface area (Å²) >= 11 is 5.73. The Labute approximate surface area is 113 Å². The first-order valence-electron chi connectivity index (χ1n) is 5.97. The molecule has 0 saturated heterocycles. The first-order valence-corrected chi connectivity index (χ1v) is 6.50. The summed E-state index contributed by atoms with van der Waals surface area (Å²) in [5.74, 6) is 1.20. The number of methoxy groups -OCH3 is 1. The van der Waals surface area contributed by atoms with Gasteiger partial charge in [0.2, 0.25) is 0 Å². The molecule has 4 heteroatoms. The smallest absolute Gasteiger partial charge is 0.251 e. The topological polar surface area (TPSA) is 38.3 Å². The third-order valence-corrected chi connectivity index (χ3v) is 3.02. The third kappa shape index (κ3) is 4.57. The predicted octanol–water partition coefficient (Wildman–Crippen LogP) is 3.08. The molecule has 0 saturated carbocycles. The molecule has 0 unspecified atom stereocenters. The molecule has 1 amide bonds. The Bertz CT molecular complexity index is 405. The van der Waals surface area contributed by atoms with Crippen molar-refractivity contribution in [3.8, 4) is 5.75 Å². The Morgan fingerprint density at radius 1 is 1.44 bits per heavy atom. The van der Waals surface area contributed by atoms with E-state index >= 15 is 0 Å². The Kier molecular flexibility index (Phi) is 5.48. The maximum absolute atomic E-state index is 12.0. The minimum atomic E-state index is -0.0865. The summed E-state index contributed by atoms with van der Waals surface area (Å²) in [5.41, 5.74) is 0.618. The summed E-state index contributed by atoms with van der Waals surface area (Å²) in [6.45, 7) is 4.78. The van der Waals surface area contributed by atoms with E-state index in [0.29, 0.717) is 23.7 Å². The number of nitrogens with one attached hydrogen (secondary N) is 1. The second kappa shape index (κ2) is 6.64. The van der Waals surface area contributed by atoms with Gasteiger partial charge in [0.1, 0.15) is 5.75 Å². The lowest BCUT2D eigenvalue weighted by Gasteiger charge is -2.23. The van der Waals surface area contributed by atoms with Crippen LogP contribution in [0.3, 0.4) is 0 Å². The molecule has 0 fully saturated rings. The number of carbonyl (C=O) groups excluding carboxylic acids is 1. The van der Waals surface area contributed by atoms with Crippen molar-refractivity contribution in [1.29, 1.82) is 0 Å². The lowest BCUT2D eigenvalue weighted by molar-refractivity contribution is 0.0935. The maximum atomic E-state index is 12.0. The number of amides is 1. The van der Waals surface area contributed by atoms with Crippen molar-refractivity contribution in [2.75, 3.05) is 19.5 Å². The number of alkyl halides is 1. The highest BCUT2D eigenvalue weighted by Crippen LogP contribution is 2.20. The van der Waals surface area contributed by atoms with Crippen LogP contribution in [-0.2, 0) is 0 Å². The molecule has 0 aromatic heterocycles. The Morgan fingerprint density at radius 3 is 2.78 bits per heavy atom. The van der Waals surface area contributed by atoms with Crippen LogP contribution in [0.2, 0.25) is 0 Å². The summed E-state index contributed by atoms with van der Waals surface area (Å²) in [4.78, 5) is 12.0. The fraction of sp³-hybridized carbons (Fsp3) is 0.500. The lowest BCUT2D eigenvalue weighted by atomic mass is 9.90. The lowest BCUT2D eigenvalue weighted by Crippen LogP contribution is -2.34. The maximum Gasteiger partial charge on any atom is 0.251 e.